The molecule has 0 heterocycles. The first-order chi connectivity index (χ1) is 5.65. The van der Waals surface area contributed by atoms with Gasteiger partial charge in [-0.3, -0.25) is 0 Å². The molecule has 3 heteroatoms. The van der Waals surface area contributed by atoms with Crippen LogP contribution >= 0.6 is 11.6 Å². The quantitative estimate of drug-likeness (QED) is 0.736. The van der Waals surface area contributed by atoms with Crippen LogP contribution in [0.4, 0.5) is 0 Å². The Morgan fingerprint density at radius 1 is 1.58 bits per heavy atom. The molecule has 12 heavy (non-hydrogen) atoms. The van der Waals surface area contributed by atoms with E-state index in [-0.39, 0.29) is 12.6 Å². The van der Waals surface area contributed by atoms with E-state index < -0.39 is 0 Å². The first kappa shape index (κ1) is 9.52. The van der Waals surface area contributed by atoms with Gasteiger partial charge in [-0.05, 0) is 24.1 Å². The second kappa shape index (κ2) is 3.90. The lowest BCUT2D eigenvalue weighted by Gasteiger charge is -2.09. The van der Waals surface area contributed by atoms with Crippen LogP contribution < -0.4 is 5.73 Å². The van der Waals surface area contributed by atoms with Gasteiger partial charge in [-0.25, -0.2) is 0 Å². The van der Waals surface area contributed by atoms with Crippen molar-refractivity contribution in [1.82, 2.24) is 0 Å². The normalized spacial score (nSPS) is 13.0. The molecule has 0 aliphatic rings. The van der Waals surface area contributed by atoms with E-state index in [1.807, 2.05) is 19.1 Å². The average Bonchev–Trinajstić information content (AvgIpc) is 2.08. The summed E-state index contributed by atoms with van der Waals surface area (Å²) in [7, 11) is 0. The number of halogens is 1. The summed E-state index contributed by atoms with van der Waals surface area (Å²) in [6, 6.07) is 5.23. The Morgan fingerprint density at radius 3 is 2.75 bits per heavy atom. The lowest BCUT2D eigenvalue weighted by atomic mass is 10.1. The van der Waals surface area contributed by atoms with E-state index in [2.05, 4.69) is 0 Å². The minimum absolute atomic E-state index is 0.0562. The highest BCUT2D eigenvalue weighted by Gasteiger charge is 2.05. The summed E-state index contributed by atoms with van der Waals surface area (Å²) in [5.74, 6) is 0. The number of hydrogen-bond donors (Lipinski definition) is 2. The first-order valence-electron chi connectivity index (χ1n) is 3.77. The van der Waals surface area contributed by atoms with Crippen molar-refractivity contribution in [3.8, 4) is 0 Å². The monoisotopic (exact) mass is 185 g/mol. The minimum Gasteiger partial charge on any atom is -0.394 e. The molecule has 1 rings (SSSR count). The topological polar surface area (TPSA) is 46.2 Å². The van der Waals surface area contributed by atoms with Crippen molar-refractivity contribution in [2.45, 2.75) is 13.0 Å². The van der Waals surface area contributed by atoms with Crippen molar-refractivity contribution >= 4 is 11.6 Å². The lowest BCUT2D eigenvalue weighted by Crippen LogP contribution is -2.14. The van der Waals surface area contributed by atoms with Crippen LogP contribution in [0.2, 0.25) is 5.02 Å². The molecule has 0 radical (unpaired) electrons. The van der Waals surface area contributed by atoms with Crippen molar-refractivity contribution in [1.29, 1.82) is 0 Å². The van der Waals surface area contributed by atoms with Crippen LogP contribution in [0.15, 0.2) is 18.2 Å². The third-order valence-corrected chi connectivity index (χ3v) is 2.23. The van der Waals surface area contributed by atoms with Crippen molar-refractivity contribution in [3.05, 3.63) is 34.3 Å². The van der Waals surface area contributed by atoms with E-state index in [0.29, 0.717) is 5.02 Å². The summed E-state index contributed by atoms with van der Waals surface area (Å²) >= 11 is 5.88. The Balaban J connectivity index is 2.96. The molecule has 1 atom stereocenters. The number of aliphatic hydroxyl groups is 1. The molecule has 2 nitrogen and oxygen atoms in total. The van der Waals surface area contributed by atoms with Gasteiger partial charge in [-0.1, -0.05) is 23.7 Å². The number of aryl methyl sites for hydroxylation is 1. The van der Waals surface area contributed by atoms with Gasteiger partial charge < -0.3 is 10.8 Å². The SMILES string of the molecule is Cc1ccc(C(N)CO)cc1Cl. The summed E-state index contributed by atoms with van der Waals surface area (Å²) in [5.41, 5.74) is 7.49. The molecule has 3 N–H and O–H groups in total. The second-order valence-corrected chi connectivity index (χ2v) is 3.20. The van der Waals surface area contributed by atoms with Crippen LogP contribution in [0.5, 0.6) is 0 Å². The van der Waals surface area contributed by atoms with E-state index in [1.54, 1.807) is 6.07 Å². The lowest BCUT2D eigenvalue weighted by molar-refractivity contribution is 0.268. The van der Waals surface area contributed by atoms with Gasteiger partial charge in [-0.15, -0.1) is 0 Å². The molecule has 1 aromatic carbocycles. The maximum absolute atomic E-state index is 8.78. The van der Waals surface area contributed by atoms with E-state index in [9.17, 15) is 0 Å². The molecule has 0 amide bonds. The first-order valence-corrected chi connectivity index (χ1v) is 4.15. The molecule has 0 aromatic heterocycles. The molecule has 0 saturated heterocycles. The van der Waals surface area contributed by atoms with Gasteiger partial charge >= 0.3 is 0 Å². The van der Waals surface area contributed by atoms with Gasteiger partial charge in [0.1, 0.15) is 0 Å². The number of rotatable bonds is 2. The molecular weight excluding hydrogens is 174 g/mol. The Morgan fingerprint density at radius 2 is 2.25 bits per heavy atom. The second-order valence-electron chi connectivity index (χ2n) is 2.80. The maximum atomic E-state index is 8.78. The van der Waals surface area contributed by atoms with Gasteiger partial charge in [0.2, 0.25) is 0 Å². The highest BCUT2D eigenvalue weighted by molar-refractivity contribution is 6.31. The average molecular weight is 186 g/mol. The van der Waals surface area contributed by atoms with Crippen LogP contribution in [0.25, 0.3) is 0 Å². The van der Waals surface area contributed by atoms with Crippen LogP contribution in [0.3, 0.4) is 0 Å². The largest absolute Gasteiger partial charge is 0.394 e. The third-order valence-electron chi connectivity index (χ3n) is 1.82. The predicted molar refractivity (Wildman–Crippen MR) is 50.2 cm³/mol. The Kier molecular flexibility index (Phi) is 3.09. The number of benzene rings is 1. The predicted octanol–water partition coefficient (Wildman–Crippen LogP) is 1.64. The molecule has 0 bridgehead atoms. The fourth-order valence-electron chi connectivity index (χ4n) is 0.945. The van der Waals surface area contributed by atoms with Crippen LogP contribution in [0.1, 0.15) is 17.2 Å². The third kappa shape index (κ3) is 1.97. The molecule has 0 aliphatic heterocycles. The summed E-state index contributed by atoms with van der Waals surface area (Å²) in [5, 5.41) is 9.47. The van der Waals surface area contributed by atoms with E-state index in [0.717, 1.165) is 11.1 Å². The molecule has 0 aliphatic carbocycles. The highest BCUT2D eigenvalue weighted by atomic mass is 35.5. The fourth-order valence-corrected chi connectivity index (χ4v) is 1.13. The Hall–Kier alpha value is -0.570. The number of nitrogens with two attached hydrogens (primary N) is 1. The van der Waals surface area contributed by atoms with E-state index in [1.165, 1.54) is 0 Å². The highest BCUT2D eigenvalue weighted by Crippen LogP contribution is 2.19. The van der Waals surface area contributed by atoms with Gasteiger partial charge in [0.25, 0.3) is 0 Å². The van der Waals surface area contributed by atoms with Gasteiger partial charge in [0.05, 0.1) is 12.6 Å². The molecule has 1 aromatic rings. The number of hydrogen-bond acceptors (Lipinski definition) is 2. The zero-order chi connectivity index (χ0) is 9.14. The van der Waals surface area contributed by atoms with Crippen molar-refractivity contribution < 1.29 is 5.11 Å². The van der Waals surface area contributed by atoms with Crippen molar-refractivity contribution in [3.63, 3.8) is 0 Å². The van der Waals surface area contributed by atoms with Crippen molar-refractivity contribution in [2.75, 3.05) is 6.61 Å². The Labute approximate surface area is 77.0 Å². The van der Waals surface area contributed by atoms with E-state index >= 15 is 0 Å². The van der Waals surface area contributed by atoms with Crippen LogP contribution in [0, 0.1) is 6.92 Å². The standard InChI is InChI=1S/C9H12ClNO/c1-6-2-3-7(4-8(6)10)9(11)5-12/h2-4,9,12H,5,11H2,1H3. The van der Waals surface area contributed by atoms with Crippen LogP contribution in [-0.2, 0) is 0 Å². The summed E-state index contributed by atoms with van der Waals surface area (Å²) < 4.78 is 0. The van der Waals surface area contributed by atoms with Gasteiger partial charge in [-0.2, -0.15) is 0 Å². The van der Waals surface area contributed by atoms with E-state index in [4.69, 9.17) is 22.4 Å². The Bertz CT molecular complexity index is 275. The smallest absolute Gasteiger partial charge is 0.0624 e. The van der Waals surface area contributed by atoms with Gasteiger partial charge in [0.15, 0.2) is 0 Å². The zero-order valence-electron chi connectivity index (χ0n) is 6.92. The molecule has 0 fully saturated rings. The summed E-state index contributed by atoms with van der Waals surface area (Å²) in [6.45, 7) is 1.87. The molecule has 66 valence electrons. The van der Waals surface area contributed by atoms with Crippen LogP contribution in [-0.4, -0.2) is 11.7 Å². The van der Waals surface area contributed by atoms with Gasteiger partial charge in [0, 0.05) is 5.02 Å². The molecule has 0 saturated carbocycles. The maximum Gasteiger partial charge on any atom is 0.0624 e. The molecule has 1 unspecified atom stereocenters. The zero-order valence-corrected chi connectivity index (χ0v) is 7.67. The molecule has 0 spiro atoms. The molecular formula is C9H12ClNO. The van der Waals surface area contributed by atoms with Crippen molar-refractivity contribution in [2.24, 2.45) is 5.73 Å². The summed E-state index contributed by atoms with van der Waals surface area (Å²) in [4.78, 5) is 0. The summed E-state index contributed by atoms with van der Waals surface area (Å²) in [6.07, 6.45) is 0. The minimum atomic E-state index is -0.330. The number of aliphatic hydroxyl groups excluding tert-OH is 1. The fraction of sp³-hybridized carbons (Fsp3) is 0.333.